The maximum absolute atomic E-state index is 12.5. The lowest BCUT2D eigenvalue weighted by atomic mass is 9.81. The quantitative estimate of drug-likeness (QED) is 0.867. The smallest absolute Gasteiger partial charge is 0.409 e. The lowest BCUT2D eigenvalue weighted by molar-refractivity contribution is -0.128. The average molecular weight is 312 g/mol. The van der Waals surface area contributed by atoms with E-state index in [1.165, 1.54) is 0 Å². The van der Waals surface area contributed by atoms with Crippen LogP contribution in [0.25, 0.3) is 0 Å². The lowest BCUT2D eigenvalue weighted by Gasteiger charge is -2.36. The first-order chi connectivity index (χ1) is 10.0. The van der Waals surface area contributed by atoms with Gasteiger partial charge in [-0.3, -0.25) is 4.79 Å². The van der Waals surface area contributed by atoms with Gasteiger partial charge in [-0.2, -0.15) is 0 Å². The van der Waals surface area contributed by atoms with Crippen molar-refractivity contribution in [2.45, 2.75) is 66.3 Å². The molecule has 5 heteroatoms. The van der Waals surface area contributed by atoms with Crippen molar-refractivity contribution in [1.82, 2.24) is 10.2 Å². The Morgan fingerprint density at radius 3 is 2.41 bits per heavy atom. The van der Waals surface area contributed by atoms with E-state index in [-0.39, 0.29) is 28.9 Å². The topological polar surface area (TPSA) is 58.6 Å². The number of rotatable bonds is 4. The van der Waals surface area contributed by atoms with Gasteiger partial charge in [0.1, 0.15) is 0 Å². The summed E-state index contributed by atoms with van der Waals surface area (Å²) < 4.78 is 5.03. The minimum Gasteiger partial charge on any atom is -0.450 e. The number of ether oxygens (including phenoxy) is 1. The fourth-order valence-electron chi connectivity index (χ4n) is 3.38. The number of carbonyl (C=O) groups excluding carboxylic acids is 2. The van der Waals surface area contributed by atoms with E-state index in [2.05, 4.69) is 39.9 Å². The van der Waals surface area contributed by atoms with Crippen LogP contribution in [0.15, 0.2) is 0 Å². The summed E-state index contributed by atoms with van der Waals surface area (Å²) in [5, 5.41) is 3.16. The summed E-state index contributed by atoms with van der Waals surface area (Å²) in [6, 6.07) is 0. The van der Waals surface area contributed by atoms with Crippen LogP contribution in [0.5, 0.6) is 0 Å². The highest BCUT2D eigenvalue weighted by atomic mass is 16.6. The molecule has 0 aromatic rings. The van der Waals surface area contributed by atoms with Gasteiger partial charge in [-0.1, -0.05) is 20.8 Å². The Hall–Kier alpha value is -1.26. The van der Waals surface area contributed by atoms with Crippen molar-refractivity contribution in [2.24, 2.45) is 11.3 Å². The molecule has 1 aliphatic heterocycles. The first-order valence-corrected chi connectivity index (χ1v) is 8.28. The Morgan fingerprint density at radius 1 is 1.23 bits per heavy atom. The molecule has 128 valence electrons. The summed E-state index contributed by atoms with van der Waals surface area (Å²) in [6.45, 7) is 13.9. The van der Waals surface area contributed by atoms with Gasteiger partial charge in [-0.05, 0) is 45.4 Å². The molecule has 2 amide bonds. The number of hydrogen-bond acceptors (Lipinski definition) is 3. The highest BCUT2D eigenvalue weighted by molar-refractivity contribution is 5.80. The molecule has 5 nitrogen and oxygen atoms in total. The lowest BCUT2D eigenvalue weighted by Crippen LogP contribution is -2.52. The zero-order valence-electron chi connectivity index (χ0n) is 15.0. The van der Waals surface area contributed by atoms with E-state index in [1.807, 2.05) is 0 Å². The van der Waals surface area contributed by atoms with Crippen LogP contribution in [0.2, 0.25) is 0 Å². The summed E-state index contributed by atoms with van der Waals surface area (Å²) >= 11 is 0. The third-order valence-electron chi connectivity index (χ3n) is 3.75. The van der Waals surface area contributed by atoms with E-state index in [4.69, 9.17) is 4.74 Å². The maximum Gasteiger partial charge on any atom is 0.409 e. The summed E-state index contributed by atoms with van der Waals surface area (Å²) in [7, 11) is 0. The van der Waals surface area contributed by atoms with E-state index < -0.39 is 0 Å². The molecule has 1 heterocycles. The molecule has 0 aliphatic carbocycles. The molecular weight excluding hydrogens is 280 g/mol. The van der Waals surface area contributed by atoms with Crippen molar-refractivity contribution in [3.05, 3.63) is 0 Å². The summed E-state index contributed by atoms with van der Waals surface area (Å²) in [4.78, 5) is 26.0. The molecule has 0 radical (unpaired) electrons. The highest BCUT2D eigenvalue weighted by Gasteiger charge is 2.33. The average Bonchev–Trinajstić information content (AvgIpc) is 2.35. The van der Waals surface area contributed by atoms with Crippen LogP contribution in [0.3, 0.4) is 0 Å². The Balaban J connectivity index is 2.59. The second kappa shape index (κ2) is 7.34. The normalized spacial score (nSPS) is 19.7. The van der Waals surface area contributed by atoms with Crippen LogP contribution in [0.4, 0.5) is 4.79 Å². The number of carbonyl (C=O) groups is 2. The van der Waals surface area contributed by atoms with E-state index in [1.54, 1.807) is 11.8 Å². The molecule has 0 aromatic heterocycles. The fraction of sp³-hybridized carbons (Fsp3) is 0.882. The number of nitrogens with one attached hydrogen (secondary N) is 1. The highest BCUT2D eigenvalue weighted by Crippen LogP contribution is 2.27. The molecule has 1 N–H and O–H groups in total. The zero-order chi connectivity index (χ0) is 17.0. The number of likely N-dealkylation sites (tertiary alicyclic amines) is 1. The summed E-state index contributed by atoms with van der Waals surface area (Å²) in [5.41, 5.74) is -0.0954. The first-order valence-electron chi connectivity index (χ1n) is 8.28. The van der Waals surface area contributed by atoms with Crippen LogP contribution in [0, 0.1) is 11.3 Å². The standard InChI is InChI=1S/C17H32N2O3/c1-7-22-15(21)19-10-8-9-13(11-19)14(20)18-17(5,6)12-16(2,3)4/h13H,7-12H2,1-6H3,(H,18,20). The molecule has 1 atom stereocenters. The number of amides is 2. The second-order valence-electron chi connectivity index (χ2n) is 8.09. The van der Waals surface area contributed by atoms with Crippen molar-refractivity contribution < 1.29 is 14.3 Å². The van der Waals surface area contributed by atoms with Gasteiger partial charge in [-0.15, -0.1) is 0 Å². The van der Waals surface area contributed by atoms with Gasteiger partial charge in [0.2, 0.25) is 5.91 Å². The minimum atomic E-state index is -0.311. The Bertz CT molecular complexity index is 399. The van der Waals surface area contributed by atoms with Crippen LogP contribution >= 0.6 is 0 Å². The number of nitrogens with zero attached hydrogens (tertiary/aromatic N) is 1. The summed E-state index contributed by atoms with van der Waals surface area (Å²) in [5.74, 6) is -0.0966. The van der Waals surface area contributed by atoms with Crippen LogP contribution in [-0.2, 0) is 9.53 Å². The monoisotopic (exact) mass is 312 g/mol. The fourth-order valence-corrected chi connectivity index (χ4v) is 3.38. The Morgan fingerprint density at radius 2 is 1.86 bits per heavy atom. The third-order valence-corrected chi connectivity index (χ3v) is 3.75. The van der Waals surface area contributed by atoms with E-state index in [0.717, 1.165) is 19.3 Å². The third kappa shape index (κ3) is 6.24. The molecule has 22 heavy (non-hydrogen) atoms. The maximum atomic E-state index is 12.5. The van der Waals surface area contributed by atoms with Crippen molar-refractivity contribution >= 4 is 12.0 Å². The van der Waals surface area contributed by atoms with Crippen molar-refractivity contribution in [3.63, 3.8) is 0 Å². The molecule has 1 rings (SSSR count). The number of piperidine rings is 1. The molecule has 0 saturated carbocycles. The predicted molar refractivity (Wildman–Crippen MR) is 87.6 cm³/mol. The number of hydrogen-bond donors (Lipinski definition) is 1. The predicted octanol–water partition coefficient (Wildman–Crippen LogP) is 3.19. The summed E-state index contributed by atoms with van der Waals surface area (Å²) in [6.07, 6.45) is 2.26. The second-order valence-corrected chi connectivity index (χ2v) is 8.09. The van der Waals surface area contributed by atoms with Gasteiger partial charge in [0.05, 0.1) is 12.5 Å². The van der Waals surface area contributed by atoms with Gasteiger partial charge in [0.15, 0.2) is 0 Å². The Labute approximate surface area is 134 Å². The largest absolute Gasteiger partial charge is 0.450 e. The molecule has 0 bridgehead atoms. The molecule has 1 aliphatic rings. The van der Waals surface area contributed by atoms with Crippen molar-refractivity contribution in [3.8, 4) is 0 Å². The van der Waals surface area contributed by atoms with Crippen LogP contribution in [0.1, 0.15) is 60.8 Å². The van der Waals surface area contributed by atoms with Crippen LogP contribution < -0.4 is 5.32 Å². The van der Waals surface area contributed by atoms with E-state index >= 15 is 0 Å². The van der Waals surface area contributed by atoms with Gasteiger partial charge >= 0.3 is 6.09 Å². The van der Waals surface area contributed by atoms with Gasteiger partial charge in [0.25, 0.3) is 0 Å². The van der Waals surface area contributed by atoms with Crippen molar-refractivity contribution in [1.29, 1.82) is 0 Å². The molecule has 1 fully saturated rings. The zero-order valence-corrected chi connectivity index (χ0v) is 15.0. The van der Waals surface area contributed by atoms with E-state index in [0.29, 0.717) is 19.7 Å². The van der Waals surface area contributed by atoms with Crippen molar-refractivity contribution in [2.75, 3.05) is 19.7 Å². The van der Waals surface area contributed by atoms with Gasteiger partial charge < -0.3 is 15.0 Å². The molecule has 1 saturated heterocycles. The Kier molecular flexibility index (Phi) is 6.27. The van der Waals surface area contributed by atoms with E-state index in [9.17, 15) is 9.59 Å². The molecule has 1 unspecified atom stereocenters. The van der Waals surface area contributed by atoms with Crippen LogP contribution in [-0.4, -0.2) is 42.1 Å². The SMILES string of the molecule is CCOC(=O)N1CCCC(C(=O)NC(C)(C)CC(C)(C)C)C1. The molecular formula is C17H32N2O3. The first kappa shape index (κ1) is 18.8. The van der Waals surface area contributed by atoms with Gasteiger partial charge in [0, 0.05) is 18.6 Å². The molecule has 0 spiro atoms. The minimum absolute atomic E-state index is 0.0447. The molecule has 0 aromatic carbocycles. The van der Waals surface area contributed by atoms with Gasteiger partial charge in [-0.25, -0.2) is 4.79 Å².